The minimum Gasteiger partial charge on any atom is -0.478 e. The van der Waals surface area contributed by atoms with Gasteiger partial charge in [0.25, 0.3) is 0 Å². The van der Waals surface area contributed by atoms with Crippen molar-refractivity contribution in [3.8, 4) is 0 Å². The zero-order valence-corrected chi connectivity index (χ0v) is 10.6. The summed E-state index contributed by atoms with van der Waals surface area (Å²) < 4.78 is 0. The first-order chi connectivity index (χ1) is 7.67. The molecule has 16 heavy (non-hydrogen) atoms. The molecule has 0 aromatic carbocycles. The fraction of sp³-hybridized carbons (Fsp3) is 0.462. The molecule has 1 aromatic heterocycles. The lowest BCUT2D eigenvalue weighted by molar-refractivity contribution is -0.131. The smallest absolute Gasteiger partial charge is 0.328 e. The minimum atomic E-state index is -0.853. The van der Waals surface area contributed by atoms with Gasteiger partial charge in [-0.2, -0.15) is 0 Å². The molecule has 0 saturated heterocycles. The second-order valence-corrected chi connectivity index (χ2v) is 4.94. The van der Waals surface area contributed by atoms with Crippen molar-refractivity contribution in [1.82, 2.24) is 0 Å². The van der Waals surface area contributed by atoms with E-state index in [9.17, 15) is 4.79 Å². The molecule has 0 aliphatic heterocycles. The SMILES string of the molecule is CCC/C(=C\C(=O)O)c1ccc(CCC)s1. The van der Waals surface area contributed by atoms with E-state index >= 15 is 0 Å². The number of carbonyl (C=O) groups is 1. The lowest BCUT2D eigenvalue weighted by atomic mass is 10.1. The molecule has 0 radical (unpaired) electrons. The van der Waals surface area contributed by atoms with Gasteiger partial charge in [0.05, 0.1) is 0 Å². The van der Waals surface area contributed by atoms with E-state index in [0.717, 1.165) is 36.1 Å². The van der Waals surface area contributed by atoms with Gasteiger partial charge in [-0.3, -0.25) is 0 Å². The summed E-state index contributed by atoms with van der Waals surface area (Å²) in [7, 11) is 0. The maximum atomic E-state index is 10.7. The molecular formula is C13H18O2S. The van der Waals surface area contributed by atoms with Gasteiger partial charge in [0.15, 0.2) is 0 Å². The van der Waals surface area contributed by atoms with Crippen LogP contribution in [0.1, 0.15) is 42.9 Å². The molecule has 1 heterocycles. The Morgan fingerprint density at radius 1 is 1.38 bits per heavy atom. The van der Waals surface area contributed by atoms with Crippen molar-refractivity contribution in [3.63, 3.8) is 0 Å². The second kappa shape index (κ2) is 6.48. The molecule has 0 atom stereocenters. The van der Waals surface area contributed by atoms with Crippen LogP contribution in [0.15, 0.2) is 18.2 Å². The normalized spacial score (nSPS) is 11.8. The van der Waals surface area contributed by atoms with Gasteiger partial charge in [0.1, 0.15) is 0 Å². The van der Waals surface area contributed by atoms with Gasteiger partial charge >= 0.3 is 5.97 Å². The third-order valence-electron chi connectivity index (χ3n) is 2.29. The zero-order chi connectivity index (χ0) is 12.0. The van der Waals surface area contributed by atoms with E-state index in [1.165, 1.54) is 11.0 Å². The fourth-order valence-electron chi connectivity index (χ4n) is 1.62. The maximum Gasteiger partial charge on any atom is 0.328 e. The fourth-order valence-corrected chi connectivity index (χ4v) is 2.77. The molecule has 1 N–H and O–H groups in total. The van der Waals surface area contributed by atoms with Crippen molar-refractivity contribution < 1.29 is 9.90 Å². The van der Waals surface area contributed by atoms with Crippen molar-refractivity contribution in [2.45, 2.75) is 39.5 Å². The molecular weight excluding hydrogens is 220 g/mol. The summed E-state index contributed by atoms with van der Waals surface area (Å²) in [6.45, 7) is 4.22. The third-order valence-corrected chi connectivity index (χ3v) is 3.51. The first-order valence-electron chi connectivity index (χ1n) is 5.70. The van der Waals surface area contributed by atoms with Crippen LogP contribution in [0.25, 0.3) is 5.57 Å². The van der Waals surface area contributed by atoms with E-state index < -0.39 is 5.97 Å². The van der Waals surface area contributed by atoms with Crippen LogP contribution >= 0.6 is 11.3 Å². The summed E-state index contributed by atoms with van der Waals surface area (Å²) in [5.74, 6) is -0.853. The monoisotopic (exact) mass is 238 g/mol. The number of rotatable bonds is 6. The van der Waals surface area contributed by atoms with Crippen molar-refractivity contribution in [3.05, 3.63) is 28.0 Å². The average Bonchev–Trinajstić information content (AvgIpc) is 2.66. The van der Waals surface area contributed by atoms with Crippen LogP contribution in [-0.4, -0.2) is 11.1 Å². The number of carboxylic acids is 1. The lowest BCUT2D eigenvalue weighted by Crippen LogP contribution is -1.91. The predicted octanol–water partition coefficient (Wildman–Crippen LogP) is 3.97. The van der Waals surface area contributed by atoms with Gasteiger partial charge in [0, 0.05) is 15.8 Å². The van der Waals surface area contributed by atoms with Gasteiger partial charge < -0.3 is 5.11 Å². The Morgan fingerprint density at radius 3 is 2.69 bits per heavy atom. The predicted molar refractivity (Wildman–Crippen MR) is 68.8 cm³/mol. The van der Waals surface area contributed by atoms with E-state index in [1.54, 1.807) is 11.3 Å². The van der Waals surface area contributed by atoms with Crippen LogP contribution in [0.4, 0.5) is 0 Å². The number of carboxylic acid groups (broad SMARTS) is 1. The van der Waals surface area contributed by atoms with Gasteiger partial charge in [-0.1, -0.05) is 26.7 Å². The van der Waals surface area contributed by atoms with Gasteiger partial charge in [-0.15, -0.1) is 11.3 Å². The molecule has 88 valence electrons. The van der Waals surface area contributed by atoms with Crippen LogP contribution in [0.2, 0.25) is 0 Å². The quantitative estimate of drug-likeness (QED) is 0.761. The second-order valence-electron chi connectivity index (χ2n) is 3.77. The van der Waals surface area contributed by atoms with Crippen molar-refractivity contribution in [2.75, 3.05) is 0 Å². The molecule has 0 fully saturated rings. The molecule has 1 rings (SSSR count). The van der Waals surface area contributed by atoms with E-state index in [-0.39, 0.29) is 0 Å². The van der Waals surface area contributed by atoms with Crippen LogP contribution in [0, 0.1) is 0 Å². The Labute approximate surface area is 101 Å². The summed E-state index contributed by atoms with van der Waals surface area (Å²) in [6, 6.07) is 4.15. The Balaban J connectivity index is 2.88. The Bertz CT molecular complexity index is 377. The van der Waals surface area contributed by atoms with E-state index in [4.69, 9.17) is 5.11 Å². The zero-order valence-electron chi connectivity index (χ0n) is 9.82. The van der Waals surface area contributed by atoms with Crippen molar-refractivity contribution in [2.24, 2.45) is 0 Å². The number of aryl methyl sites for hydroxylation is 1. The highest BCUT2D eigenvalue weighted by atomic mass is 32.1. The highest BCUT2D eigenvalue weighted by Crippen LogP contribution is 2.28. The lowest BCUT2D eigenvalue weighted by Gasteiger charge is -2.01. The van der Waals surface area contributed by atoms with Gasteiger partial charge in [0.2, 0.25) is 0 Å². The Morgan fingerprint density at radius 2 is 2.12 bits per heavy atom. The summed E-state index contributed by atoms with van der Waals surface area (Å²) >= 11 is 1.72. The molecule has 1 aromatic rings. The Kier molecular flexibility index (Phi) is 5.26. The standard InChI is InChI=1S/C13H18O2S/c1-3-5-10(9-13(14)15)12-8-7-11(16-12)6-4-2/h7-9H,3-6H2,1-2H3,(H,14,15)/b10-9+. The molecule has 0 bridgehead atoms. The highest BCUT2D eigenvalue weighted by Gasteiger charge is 2.06. The van der Waals surface area contributed by atoms with E-state index in [2.05, 4.69) is 19.9 Å². The molecule has 0 aliphatic rings. The van der Waals surface area contributed by atoms with Gasteiger partial charge in [-0.05, 0) is 30.5 Å². The Hall–Kier alpha value is -1.09. The minimum absolute atomic E-state index is 0.832. The van der Waals surface area contributed by atoms with Crippen LogP contribution < -0.4 is 0 Å². The first kappa shape index (κ1) is 13.0. The first-order valence-corrected chi connectivity index (χ1v) is 6.51. The molecule has 0 aliphatic carbocycles. The van der Waals surface area contributed by atoms with E-state index in [1.807, 2.05) is 6.07 Å². The summed E-state index contributed by atoms with van der Waals surface area (Å²) in [6.07, 6.45) is 5.35. The van der Waals surface area contributed by atoms with Crippen molar-refractivity contribution in [1.29, 1.82) is 0 Å². The highest BCUT2D eigenvalue weighted by molar-refractivity contribution is 7.13. The topological polar surface area (TPSA) is 37.3 Å². The molecule has 0 unspecified atom stereocenters. The number of thiophene rings is 1. The van der Waals surface area contributed by atoms with Gasteiger partial charge in [-0.25, -0.2) is 4.79 Å². The number of aliphatic carboxylic acids is 1. The molecule has 3 heteroatoms. The molecule has 0 saturated carbocycles. The summed E-state index contributed by atoms with van der Waals surface area (Å²) in [4.78, 5) is 13.2. The van der Waals surface area contributed by atoms with Crippen LogP contribution in [0.5, 0.6) is 0 Å². The molecule has 0 spiro atoms. The van der Waals surface area contributed by atoms with Crippen LogP contribution in [0.3, 0.4) is 0 Å². The number of hydrogen-bond acceptors (Lipinski definition) is 2. The van der Waals surface area contributed by atoms with E-state index in [0.29, 0.717) is 0 Å². The number of hydrogen-bond donors (Lipinski definition) is 1. The molecule has 0 amide bonds. The van der Waals surface area contributed by atoms with Crippen molar-refractivity contribution >= 4 is 22.9 Å². The molecule has 2 nitrogen and oxygen atoms in total. The summed E-state index contributed by atoms with van der Waals surface area (Å²) in [5.41, 5.74) is 0.947. The third kappa shape index (κ3) is 3.81. The van der Waals surface area contributed by atoms with Crippen LogP contribution in [-0.2, 0) is 11.2 Å². The average molecular weight is 238 g/mol. The maximum absolute atomic E-state index is 10.7. The summed E-state index contributed by atoms with van der Waals surface area (Å²) in [5, 5.41) is 8.81. The largest absolute Gasteiger partial charge is 0.478 e. The number of allylic oxidation sites excluding steroid dienone is 1.